The molecule has 2 rings (SSSR count). The van der Waals surface area contributed by atoms with Crippen LogP contribution in [0.4, 0.5) is 0 Å². The molecule has 0 saturated carbocycles. The van der Waals surface area contributed by atoms with Gasteiger partial charge in [-0.05, 0) is 26.2 Å². The summed E-state index contributed by atoms with van der Waals surface area (Å²) in [7, 11) is 3.97. The lowest BCUT2D eigenvalue weighted by atomic mass is 10.5. The van der Waals surface area contributed by atoms with Crippen molar-refractivity contribution in [2.24, 2.45) is 0 Å². The van der Waals surface area contributed by atoms with Crippen LogP contribution in [0.2, 0.25) is 5.02 Å². The highest BCUT2D eigenvalue weighted by molar-refractivity contribution is 6.30. The van der Waals surface area contributed by atoms with E-state index in [0.29, 0.717) is 5.02 Å². The first-order chi connectivity index (χ1) is 6.65. The maximum absolute atomic E-state index is 5.83. The average Bonchev–Trinajstić information content (AvgIpc) is 2.44. The molecule has 0 aromatic carbocycles. The zero-order valence-corrected chi connectivity index (χ0v) is 8.86. The molecule has 0 aliphatic carbocycles. The minimum atomic E-state index is 0.666. The maximum Gasteiger partial charge on any atom is 0.165 e. The predicted octanol–water partition coefficient (Wildman–Crippen LogP) is 1.44. The van der Waals surface area contributed by atoms with Gasteiger partial charge in [0.15, 0.2) is 11.5 Å². The Hall–Kier alpha value is -1.13. The summed E-state index contributed by atoms with van der Waals surface area (Å²) in [5.74, 6) is 0.803. The predicted molar refractivity (Wildman–Crippen MR) is 55.4 cm³/mol. The van der Waals surface area contributed by atoms with Crippen LogP contribution in [-0.4, -0.2) is 33.6 Å². The Kier molecular flexibility index (Phi) is 2.39. The first-order valence-corrected chi connectivity index (χ1v) is 4.68. The molecule has 0 saturated heterocycles. The average molecular weight is 211 g/mol. The quantitative estimate of drug-likeness (QED) is 0.752. The molecule has 4 nitrogen and oxygen atoms in total. The summed E-state index contributed by atoms with van der Waals surface area (Å²) in [4.78, 5) is 6.37. The number of pyridine rings is 1. The topological polar surface area (TPSA) is 33.4 Å². The number of hydrogen-bond acceptors (Lipinski definition) is 3. The second kappa shape index (κ2) is 3.55. The van der Waals surface area contributed by atoms with Gasteiger partial charge in [-0.2, -0.15) is 0 Å². The summed E-state index contributed by atoms with van der Waals surface area (Å²) in [6.07, 6.45) is 1.75. The molecule has 2 heterocycles. The monoisotopic (exact) mass is 210 g/mol. The van der Waals surface area contributed by atoms with Crippen molar-refractivity contribution in [2.75, 3.05) is 14.1 Å². The first kappa shape index (κ1) is 9.43. The lowest BCUT2D eigenvalue weighted by Crippen LogP contribution is -2.11. The molecule has 0 N–H and O–H groups in total. The zero-order valence-electron chi connectivity index (χ0n) is 8.11. The molecule has 2 aromatic heterocycles. The van der Waals surface area contributed by atoms with E-state index in [1.165, 1.54) is 0 Å². The normalized spacial score (nSPS) is 11.4. The SMILES string of the molecule is CN(C)Cc1nc2ccc(Cl)cn2n1. The van der Waals surface area contributed by atoms with Crippen molar-refractivity contribution in [2.45, 2.75) is 6.54 Å². The molecule has 74 valence electrons. The lowest BCUT2D eigenvalue weighted by molar-refractivity contribution is 0.390. The van der Waals surface area contributed by atoms with E-state index in [2.05, 4.69) is 10.1 Å². The van der Waals surface area contributed by atoms with Crippen molar-refractivity contribution in [3.05, 3.63) is 29.2 Å². The summed E-state index contributed by atoms with van der Waals surface area (Å²) in [5, 5.41) is 4.96. The van der Waals surface area contributed by atoms with Crippen LogP contribution in [0.3, 0.4) is 0 Å². The van der Waals surface area contributed by atoms with Crippen LogP contribution in [0.1, 0.15) is 5.82 Å². The molecule has 0 atom stereocenters. The van der Waals surface area contributed by atoms with E-state index in [1.807, 2.05) is 31.1 Å². The van der Waals surface area contributed by atoms with Gasteiger partial charge in [0.1, 0.15) is 0 Å². The van der Waals surface area contributed by atoms with Crippen LogP contribution < -0.4 is 0 Å². The minimum Gasteiger partial charge on any atom is -0.302 e. The third-order valence-electron chi connectivity index (χ3n) is 1.80. The van der Waals surface area contributed by atoms with Crippen molar-refractivity contribution in [3.63, 3.8) is 0 Å². The molecule has 0 radical (unpaired) electrons. The van der Waals surface area contributed by atoms with Crippen molar-refractivity contribution in [1.29, 1.82) is 0 Å². The molecule has 0 bridgehead atoms. The van der Waals surface area contributed by atoms with E-state index < -0.39 is 0 Å². The molecule has 5 heteroatoms. The minimum absolute atomic E-state index is 0.666. The number of fused-ring (bicyclic) bond motifs is 1. The van der Waals surface area contributed by atoms with Crippen molar-refractivity contribution >= 4 is 17.2 Å². The molecule has 0 fully saturated rings. The van der Waals surface area contributed by atoms with E-state index >= 15 is 0 Å². The molecule has 2 aromatic rings. The highest BCUT2D eigenvalue weighted by Gasteiger charge is 2.04. The molecule has 0 aliphatic heterocycles. The van der Waals surface area contributed by atoms with E-state index in [0.717, 1.165) is 18.0 Å². The smallest absolute Gasteiger partial charge is 0.165 e. The highest BCUT2D eigenvalue weighted by Crippen LogP contribution is 2.09. The van der Waals surface area contributed by atoms with Gasteiger partial charge in [-0.3, -0.25) is 0 Å². The van der Waals surface area contributed by atoms with Gasteiger partial charge < -0.3 is 4.90 Å². The Labute approximate surface area is 87.1 Å². The number of hydrogen-bond donors (Lipinski definition) is 0. The van der Waals surface area contributed by atoms with Gasteiger partial charge in [-0.25, -0.2) is 9.50 Å². The second-order valence-corrected chi connectivity index (χ2v) is 3.85. The van der Waals surface area contributed by atoms with E-state index in [1.54, 1.807) is 10.7 Å². The molecule has 0 spiro atoms. The fourth-order valence-electron chi connectivity index (χ4n) is 1.25. The third kappa shape index (κ3) is 1.86. The lowest BCUT2D eigenvalue weighted by Gasteiger charge is -2.03. The summed E-state index contributed by atoms with van der Waals surface area (Å²) in [6, 6.07) is 3.67. The van der Waals surface area contributed by atoms with Gasteiger partial charge in [0.2, 0.25) is 0 Å². The molecular formula is C9H11ClN4. The van der Waals surface area contributed by atoms with Gasteiger partial charge in [0, 0.05) is 6.20 Å². The fraction of sp³-hybridized carbons (Fsp3) is 0.333. The largest absolute Gasteiger partial charge is 0.302 e. The van der Waals surface area contributed by atoms with E-state index in [-0.39, 0.29) is 0 Å². The number of nitrogens with zero attached hydrogens (tertiary/aromatic N) is 4. The molecule has 0 aliphatic rings. The molecular weight excluding hydrogens is 200 g/mol. The van der Waals surface area contributed by atoms with Gasteiger partial charge >= 0.3 is 0 Å². The van der Waals surface area contributed by atoms with Gasteiger partial charge in [0.25, 0.3) is 0 Å². The summed E-state index contributed by atoms with van der Waals surface area (Å²) in [5.41, 5.74) is 0.825. The number of aromatic nitrogens is 3. The van der Waals surface area contributed by atoms with Gasteiger partial charge in [-0.1, -0.05) is 11.6 Å². The zero-order chi connectivity index (χ0) is 10.1. The number of halogens is 1. The summed E-state index contributed by atoms with van der Waals surface area (Å²) >= 11 is 5.83. The maximum atomic E-state index is 5.83. The molecule has 0 unspecified atom stereocenters. The van der Waals surface area contributed by atoms with Gasteiger partial charge in [-0.15, -0.1) is 5.10 Å². The van der Waals surface area contributed by atoms with Crippen LogP contribution >= 0.6 is 11.6 Å². The van der Waals surface area contributed by atoms with Crippen molar-refractivity contribution < 1.29 is 0 Å². The van der Waals surface area contributed by atoms with Crippen LogP contribution in [0.5, 0.6) is 0 Å². The summed E-state index contributed by atoms with van der Waals surface area (Å²) < 4.78 is 1.70. The fourth-order valence-corrected chi connectivity index (χ4v) is 1.41. The van der Waals surface area contributed by atoms with Crippen LogP contribution in [0.25, 0.3) is 5.65 Å². The van der Waals surface area contributed by atoms with Crippen molar-refractivity contribution in [1.82, 2.24) is 19.5 Å². The van der Waals surface area contributed by atoms with Crippen LogP contribution in [-0.2, 0) is 6.54 Å². The Morgan fingerprint density at radius 1 is 1.43 bits per heavy atom. The summed E-state index contributed by atoms with van der Waals surface area (Å²) in [6.45, 7) is 0.735. The highest BCUT2D eigenvalue weighted by atomic mass is 35.5. The Morgan fingerprint density at radius 2 is 2.21 bits per heavy atom. The van der Waals surface area contributed by atoms with E-state index in [4.69, 9.17) is 11.6 Å². The first-order valence-electron chi connectivity index (χ1n) is 4.31. The van der Waals surface area contributed by atoms with Crippen molar-refractivity contribution in [3.8, 4) is 0 Å². The van der Waals surface area contributed by atoms with Crippen LogP contribution in [0.15, 0.2) is 18.3 Å². The Morgan fingerprint density at radius 3 is 2.93 bits per heavy atom. The number of rotatable bonds is 2. The van der Waals surface area contributed by atoms with Gasteiger partial charge in [0.05, 0.1) is 11.6 Å². The third-order valence-corrected chi connectivity index (χ3v) is 2.02. The Balaban J connectivity index is 2.41. The standard InChI is InChI=1S/C9H11ClN4/c1-13(2)6-8-11-9-4-3-7(10)5-14(9)12-8/h3-5H,6H2,1-2H3. The Bertz CT molecular complexity index is 449. The molecule has 14 heavy (non-hydrogen) atoms. The van der Waals surface area contributed by atoms with Crippen LogP contribution in [0, 0.1) is 0 Å². The van der Waals surface area contributed by atoms with E-state index in [9.17, 15) is 0 Å². The second-order valence-electron chi connectivity index (χ2n) is 3.42. The molecule has 0 amide bonds.